The van der Waals surface area contributed by atoms with Crippen molar-refractivity contribution in [1.29, 1.82) is 0 Å². The van der Waals surface area contributed by atoms with Gasteiger partial charge in [0.2, 0.25) is 0 Å². The first-order valence-corrected chi connectivity index (χ1v) is 7.30. The first-order valence-electron chi connectivity index (χ1n) is 6.92. The molecule has 2 aromatic rings. The summed E-state index contributed by atoms with van der Waals surface area (Å²) in [6.07, 6.45) is 1.88. The second-order valence-corrected chi connectivity index (χ2v) is 5.71. The lowest BCUT2D eigenvalue weighted by Crippen LogP contribution is -2.33. The number of pyridine rings is 1. The number of primary amides is 1. The molecule has 3 rings (SSSR count). The van der Waals surface area contributed by atoms with Crippen molar-refractivity contribution >= 4 is 29.0 Å². The van der Waals surface area contributed by atoms with E-state index in [-0.39, 0.29) is 11.3 Å². The molecule has 118 valence electrons. The molecule has 2 N–H and O–H groups in total. The average molecular weight is 333 g/mol. The molecule has 0 aliphatic carbocycles. The highest BCUT2D eigenvalue weighted by Crippen LogP contribution is 2.28. The molecule has 1 amide bonds. The number of carbonyl (C=O) groups excluding carboxylic acids is 1. The molecule has 23 heavy (non-hydrogen) atoms. The van der Waals surface area contributed by atoms with E-state index in [2.05, 4.69) is 4.98 Å². The van der Waals surface area contributed by atoms with Crippen LogP contribution in [0.1, 0.15) is 21.5 Å². The fourth-order valence-corrected chi connectivity index (χ4v) is 2.88. The van der Waals surface area contributed by atoms with Crippen LogP contribution in [0.15, 0.2) is 30.5 Å². The van der Waals surface area contributed by atoms with Gasteiger partial charge in [0, 0.05) is 24.2 Å². The van der Waals surface area contributed by atoms with Crippen LogP contribution in [-0.2, 0) is 13.0 Å². The van der Waals surface area contributed by atoms with Gasteiger partial charge in [-0.2, -0.15) is 0 Å². The standard InChI is InChI=1S/C15H13ClN4O3/c16-11-2-1-10-8-19(4-3-9(10)5-11)15-13(14(17)21)6-12(7-18-15)20(22)23/h1-2,5-7H,3-4,8H2,(H2,17,21). The fraction of sp³-hybridized carbons (Fsp3) is 0.200. The third-order valence-corrected chi connectivity index (χ3v) is 4.04. The molecule has 1 aromatic heterocycles. The highest BCUT2D eigenvalue weighted by Gasteiger charge is 2.24. The zero-order chi connectivity index (χ0) is 16.6. The van der Waals surface area contributed by atoms with Gasteiger partial charge in [0.1, 0.15) is 12.0 Å². The molecule has 0 spiro atoms. The Bertz CT molecular complexity index is 809. The molecule has 0 saturated heterocycles. The second-order valence-electron chi connectivity index (χ2n) is 5.27. The molecule has 0 unspecified atom stereocenters. The molecule has 7 nitrogen and oxygen atoms in total. The number of rotatable bonds is 3. The Kier molecular flexibility index (Phi) is 3.87. The Labute approximate surface area is 136 Å². The Morgan fingerprint density at radius 1 is 1.35 bits per heavy atom. The lowest BCUT2D eigenvalue weighted by Gasteiger charge is -2.30. The molecule has 0 saturated carbocycles. The first-order chi connectivity index (χ1) is 11.0. The average Bonchev–Trinajstić information content (AvgIpc) is 2.53. The van der Waals surface area contributed by atoms with Crippen LogP contribution in [0.3, 0.4) is 0 Å². The van der Waals surface area contributed by atoms with Crippen molar-refractivity contribution in [3.05, 3.63) is 62.3 Å². The van der Waals surface area contributed by atoms with E-state index in [1.54, 1.807) is 0 Å². The molecule has 0 atom stereocenters. The molecule has 1 aromatic carbocycles. The van der Waals surface area contributed by atoms with E-state index in [0.717, 1.165) is 23.7 Å². The van der Waals surface area contributed by atoms with Crippen LogP contribution in [-0.4, -0.2) is 22.4 Å². The maximum atomic E-state index is 11.6. The minimum absolute atomic E-state index is 0.0524. The van der Waals surface area contributed by atoms with Crippen LogP contribution < -0.4 is 10.6 Å². The third kappa shape index (κ3) is 2.95. The van der Waals surface area contributed by atoms with Crippen LogP contribution in [0, 0.1) is 10.1 Å². The minimum atomic E-state index is -0.738. The topological polar surface area (TPSA) is 102 Å². The summed E-state index contributed by atoms with van der Waals surface area (Å²) in [6, 6.07) is 6.83. The number of aromatic nitrogens is 1. The van der Waals surface area contributed by atoms with Crippen molar-refractivity contribution in [2.24, 2.45) is 5.73 Å². The summed E-state index contributed by atoms with van der Waals surface area (Å²) >= 11 is 5.99. The zero-order valence-corrected chi connectivity index (χ0v) is 12.8. The number of amides is 1. The van der Waals surface area contributed by atoms with Gasteiger partial charge in [0.05, 0.1) is 10.5 Å². The summed E-state index contributed by atoms with van der Waals surface area (Å²) in [5.74, 6) is -0.373. The van der Waals surface area contributed by atoms with Crippen LogP contribution in [0.25, 0.3) is 0 Å². The van der Waals surface area contributed by atoms with Crippen LogP contribution in [0.2, 0.25) is 5.02 Å². The number of hydrogen-bond acceptors (Lipinski definition) is 5. The number of nitrogens with two attached hydrogens (primary N) is 1. The lowest BCUT2D eigenvalue weighted by molar-refractivity contribution is -0.385. The van der Waals surface area contributed by atoms with Crippen molar-refractivity contribution in [3.8, 4) is 0 Å². The van der Waals surface area contributed by atoms with Crippen molar-refractivity contribution in [2.45, 2.75) is 13.0 Å². The van der Waals surface area contributed by atoms with Gasteiger partial charge in [-0.1, -0.05) is 17.7 Å². The van der Waals surface area contributed by atoms with Gasteiger partial charge >= 0.3 is 0 Å². The van der Waals surface area contributed by atoms with E-state index in [0.29, 0.717) is 23.9 Å². The molecule has 1 aliphatic heterocycles. The number of hydrogen-bond donors (Lipinski definition) is 1. The van der Waals surface area contributed by atoms with Gasteiger partial charge in [-0.05, 0) is 29.7 Å². The highest BCUT2D eigenvalue weighted by molar-refractivity contribution is 6.30. The Hall–Kier alpha value is -2.67. The number of carbonyl (C=O) groups is 1. The largest absolute Gasteiger partial charge is 0.365 e. The minimum Gasteiger partial charge on any atom is -0.365 e. The molecule has 0 radical (unpaired) electrons. The summed E-state index contributed by atoms with van der Waals surface area (Å²) < 4.78 is 0. The summed E-state index contributed by atoms with van der Waals surface area (Å²) in [4.78, 5) is 27.9. The summed E-state index contributed by atoms with van der Waals surface area (Å²) in [5.41, 5.74) is 7.38. The van der Waals surface area contributed by atoms with Crippen LogP contribution >= 0.6 is 11.6 Å². The van der Waals surface area contributed by atoms with Crippen molar-refractivity contribution in [1.82, 2.24) is 4.98 Å². The SMILES string of the molecule is NC(=O)c1cc([N+](=O)[O-])cnc1N1CCc2cc(Cl)ccc2C1. The second kappa shape index (κ2) is 5.85. The van der Waals surface area contributed by atoms with Gasteiger partial charge in [0.15, 0.2) is 0 Å². The summed E-state index contributed by atoms with van der Waals surface area (Å²) in [7, 11) is 0. The monoisotopic (exact) mass is 332 g/mol. The van der Waals surface area contributed by atoms with Crippen molar-refractivity contribution in [2.75, 3.05) is 11.4 Å². The summed E-state index contributed by atoms with van der Waals surface area (Å²) in [6.45, 7) is 1.16. The highest BCUT2D eigenvalue weighted by atomic mass is 35.5. The smallest absolute Gasteiger partial charge is 0.288 e. The molecular formula is C15H13ClN4O3. The van der Waals surface area contributed by atoms with Crippen molar-refractivity contribution < 1.29 is 9.72 Å². The summed E-state index contributed by atoms with van der Waals surface area (Å²) in [5, 5.41) is 11.5. The molecule has 2 heterocycles. The van der Waals surface area contributed by atoms with E-state index >= 15 is 0 Å². The fourth-order valence-electron chi connectivity index (χ4n) is 2.68. The normalized spacial score (nSPS) is 13.5. The Balaban J connectivity index is 1.98. The predicted molar refractivity (Wildman–Crippen MR) is 85.6 cm³/mol. The molecular weight excluding hydrogens is 320 g/mol. The Morgan fingerprint density at radius 3 is 2.83 bits per heavy atom. The Morgan fingerprint density at radius 2 is 2.13 bits per heavy atom. The molecule has 0 bridgehead atoms. The molecule has 8 heteroatoms. The van der Waals surface area contributed by atoms with E-state index in [1.807, 2.05) is 23.1 Å². The van der Waals surface area contributed by atoms with Crippen LogP contribution in [0.5, 0.6) is 0 Å². The van der Waals surface area contributed by atoms with Gasteiger partial charge in [-0.15, -0.1) is 0 Å². The van der Waals surface area contributed by atoms with Gasteiger partial charge < -0.3 is 10.6 Å². The number of nitro groups is 1. The quantitative estimate of drug-likeness (QED) is 0.686. The number of anilines is 1. The van der Waals surface area contributed by atoms with Gasteiger partial charge in [-0.3, -0.25) is 14.9 Å². The van der Waals surface area contributed by atoms with E-state index in [1.165, 1.54) is 6.07 Å². The number of fused-ring (bicyclic) bond motifs is 1. The first kappa shape index (κ1) is 15.2. The van der Waals surface area contributed by atoms with Gasteiger partial charge in [-0.25, -0.2) is 4.98 Å². The number of benzene rings is 1. The number of nitrogens with zero attached hydrogens (tertiary/aromatic N) is 3. The van der Waals surface area contributed by atoms with E-state index < -0.39 is 10.8 Å². The lowest BCUT2D eigenvalue weighted by atomic mass is 9.99. The molecule has 1 aliphatic rings. The van der Waals surface area contributed by atoms with E-state index in [4.69, 9.17) is 17.3 Å². The third-order valence-electron chi connectivity index (χ3n) is 3.81. The predicted octanol–water partition coefficient (Wildman–Crippen LogP) is 2.30. The number of halogens is 1. The maximum absolute atomic E-state index is 11.6. The molecule has 0 fully saturated rings. The maximum Gasteiger partial charge on any atom is 0.288 e. The van der Waals surface area contributed by atoms with Gasteiger partial charge in [0.25, 0.3) is 11.6 Å². The van der Waals surface area contributed by atoms with Crippen LogP contribution in [0.4, 0.5) is 11.5 Å². The van der Waals surface area contributed by atoms with Crippen molar-refractivity contribution in [3.63, 3.8) is 0 Å². The van der Waals surface area contributed by atoms with E-state index in [9.17, 15) is 14.9 Å². The zero-order valence-electron chi connectivity index (χ0n) is 12.0.